The molecule has 0 amide bonds. The van der Waals surface area contributed by atoms with Crippen molar-refractivity contribution in [3.63, 3.8) is 0 Å². The van der Waals surface area contributed by atoms with E-state index in [2.05, 4.69) is 15.3 Å². The molecule has 0 unspecified atom stereocenters. The fourth-order valence-electron chi connectivity index (χ4n) is 2.14. The van der Waals surface area contributed by atoms with Gasteiger partial charge in [0.15, 0.2) is 34.8 Å². The molecule has 6 nitrogen and oxygen atoms in total. The second-order valence-electron chi connectivity index (χ2n) is 6.14. The fraction of sp³-hybridized carbons (Fsp3) is 0.375. The first-order valence-corrected chi connectivity index (χ1v) is 8.19. The number of benzene rings is 1. The van der Waals surface area contributed by atoms with Gasteiger partial charge in [0.1, 0.15) is 5.69 Å². The van der Waals surface area contributed by atoms with Crippen LogP contribution < -0.4 is 16.2 Å². The van der Waals surface area contributed by atoms with E-state index >= 15 is 0 Å². The molecular weight excluding hydrogens is 409 g/mol. The number of nitrogens with zero attached hydrogens (tertiary/aromatic N) is 3. The topological polar surface area (TPSA) is 65.1 Å². The summed E-state index contributed by atoms with van der Waals surface area (Å²) in [4.78, 5) is 8.95. The van der Waals surface area contributed by atoms with E-state index in [1.165, 1.54) is 0 Å². The van der Waals surface area contributed by atoms with Crippen LogP contribution in [0.4, 0.5) is 48.2 Å². The molecule has 3 N–H and O–H groups in total. The van der Waals surface area contributed by atoms with Crippen LogP contribution in [0.15, 0.2) is 12.1 Å². The third kappa shape index (κ3) is 6.07. The zero-order chi connectivity index (χ0) is 21.8. The van der Waals surface area contributed by atoms with Crippen molar-refractivity contribution in [3.05, 3.63) is 41.1 Å². The predicted octanol–water partition coefficient (Wildman–Crippen LogP) is 3.85. The maximum absolute atomic E-state index is 13.7. The van der Waals surface area contributed by atoms with Gasteiger partial charge in [0, 0.05) is 18.7 Å². The Balaban J connectivity index is 2.22. The highest BCUT2D eigenvalue weighted by molar-refractivity contribution is 5.53. The largest absolute Gasteiger partial charge is 0.433 e. The smallest absolute Gasteiger partial charge is 0.354 e. The van der Waals surface area contributed by atoms with E-state index in [0.717, 1.165) is 0 Å². The maximum Gasteiger partial charge on any atom is 0.433 e. The van der Waals surface area contributed by atoms with Gasteiger partial charge in [-0.05, 0) is 27.1 Å². The number of aromatic nitrogens is 2. The zero-order valence-corrected chi connectivity index (χ0v) is 15.3. The number of rotatable bonds is 8. The summed E-state index contributed by atoms with van der Waals surface area (Å²) in [5, 5.41) is 2.61. The Morgan fingerprint density at radius 3 is 2.10 bits per heavy atom. The third-order valence-corrected chi connectivity index (χ3v) is 3.51. The number of hydrogen-bond acceptors (Lipinski definition) is 6. The van der Waals surface area contributed by atoms with Crippen LogP contribution in [-0.2, 0) is 6.18 Å². The minimum Gasteiger partial charge on any atom is -0.354 e. The summed E-state index contributed by atoms with van der Waals surface area (Å²) < 4.78 is 92.9. The minimum atomic E-state index is -4.83. The molecule has 1 aromatic carbocycles. The van der Waals surface area contributed by atoms with Gasteiger partial charge in [-0.1, -0.05) is 0 Å². The minimum absolute atomic E-state index is 0.00194. The first kappa shape index (κ1) is 22.5. The quantitative estimate of drug-likeness (QED) is 0.258. The van der Waals surface area contributed by atoms with Crippen molar-refractivity contribution in [2.24, 2.45) is 0 Å². The third-order valence-electron chi connectivity index (χ3n) is 3.51. The first-order chi connectivity index (χ1) is 13.5. The molecule has 0 aliphatic heterocycles. The van der Waals surface area contributed by atoms with Crippen LogP contribution in [0.3, 0.4) is 0 Å². The Hall–Kier alpha value is -2.83. The summed E-state index contributed by atoms with van der Waals surface area (Å²) in [5.41, 5.74) is 1.20. The Bertz CT molecular complexity index is 830. The number of halogens is 7. The van der Waals surface area contributed by atoms with E-state index in [9.17, 15) is 30.7 Å². The van der Waals surface area contributed by atoms with Crippen LogP contribution in [-0.4, -0.2) is 42.1 Å². The van der Waals surface area contributed by atoms with Crippen molar-refractivity contribution in [2.75, 3.05) is 43.4 Å². The Morgan fingerprint density at radius 2 is 1.55 bits per heavy atom. The first-order valence-electron chi connectivity index (χ1n) is 8.19. The van der Waals surface area contributed by atoms with Gasteiger partial charge in [-0.25, -0.2) is 22.5 Å². The molecule has 0 saturated heterocycles. The summed E-state index contributed by atoms with van der Waals surface area (Å²) in [6.07, 6.45) is -4.26. The second kappa shape index (κ2) is 9.11. The zero-order valence-electron chi connectivity index (χ0n) is 15.3. The number of alkyl halides is 3. The number of hydrazine groups is 1. The van der Waals surface area contributed by atoms with Crippen LogP contribution in [0.25, 0.3) is 0 Å². The predicted molar refractivity (Wildman–Crippen MR) is 92.2 cm³/mol. The standard InChI is InChI=1S/C16H17F7N6/c1-29(2)5-3-4-24-15-25-10(16(21,22)23)7-11(26-15)27-28-14-12(19)8(17)6-9(18)13(14)20/h6-7,28H,3-5H2,1-2H3,(H2,24,25,26,27). The monoisotopic (exact) mass is 426 g/mol. The normalized spacial score (nSPS) is 11.7. The van der Waals surface area contributed by atoms with Gasteiger partial charge in [-0.2, -0.15) is 18.2 Å². The van der Waals surface area contributed by atoms with Gasteiger partial charge in [0.2, 0.25) is 5.95 Å². The highest BCUT2D eigenvalue weighted by Gasteiger charge is 2.34. The molecule has 0 spiro atoms. The van der Waals surface area contributed by atoms with Crippen molar-refractivity contribution >= 4 is 17.5 Å². The molecule has 29 heavy (non-hydrogen) atoms. The van der Waals surface area contributed by atoms with Crippen LogP contribution in [0, 0.1) is 23.3 Å². The molecule has 0 saturated carbocycles. The van der Waals surface area contributed by atoms with Gasteiger partial charge in [0.25, 0.3) is 0 Å². The Labute approximate surface area is 161 Å². The van der Waals surface area contributed by atoms with Crippen molar-refractivity contribution in [3.8, 4) is 0 Å². The van der Waals surface area contributed by atoms with Crippen LogP contribution in [0.1, 0.15) is 12.1 Å². The van der Waals surface area contributed by atoms with E-state index in [4.69, 9.17) is 0 Å². The number of hydrogen-bond donors (Lipinski definition) is 3. The molecule has 13 heteroatoms. The molecule has 0 aliphatic carbocycles. The van der Waals surface area contributed by atoms with E-state index in [-0.39, 0.29) is 12.6 Å². The maximum atomic E-state index is 13.7. The van der Waals surface area contributed by atoms with E-state index in [0.29, 0.717) is 19.0 Å². The molecule has 1 aromatic heterocycles. The molecule has 0 fully saturated rings. The van der Waals surface area contributed by atoms with Crippen molar-refractivity contribution in [2.45, 2.75) is 12.6 Å². The Morgan fingerprint density at radius 1 is 0.931 bits per heavy atom. The van der Waals surface area contributed by atoms with Gasteiger partial charge >= 0.3 is 6.18 Å². The van der Waals surface area contributed by atoms with E-state index < -0.39 is 52.6 Å². The lowest BCUT2D eigenvalue weighted by molar-refractivity contribution is -0.141. The van der Waals surface area contributed by atoms with Gasteiger partial charge in [-0.15, -0.1) is 0 Å². The van der Waals surface area contributed by atoms with Crippen molar-refractivity contribution in [1.29, 1.82) is 0 Å². The van der Waals surface area contributed by atoms with Crippen LogP contribution in [0.5, 0.6) is 0 Å². The summed E-state index contributed by atoms with van der Waals surface area (Å²) >= 11 is 0. The highest BCUT2D eigenvalue weighted by atomic mass is 19.4. The fourth-order valence-corrected chi connectivity index (χ4v) is 2.14. The average molecular weight is 426 g/mol. The van der Waals surface area contributed by atoms with Crippen LogP contribution in [0.2, 0.25) is 0 Å². The summed E-state index contributed by atoms with van der Waals surface area (Å²) in [6, 6.07) is 0.460. The molecule has 0 bridgehead atoms. The van der Waals surface area contributed by atoms with Gasteiger partial charge in [-0.3, -0.25) is 10.9 Å². The van der Waals surface area contributed by atoms with E-state index in [1.807, 2.05) is 24.4 Å². The molecule has 0 atom stereocenters. The molecule has 0 aliphatic rings. The second-order valence-corrected chi connectivity index (χ2v) is 6.14. The van der Waals surface area contributed by atoms with Crippen LogP contribution >= 0.6 is 0 Å². The molecule has 2 aromatic rings. The Kier molecular flexibility index (Phi) is 7.06. The number of anilines is 3. The van der Waals surface area contributed by atoms with Crippen molar-refractivity contribution < 1.29 is 30.7 Å². The van der Waals surface area contributed by atoms with Gasteiger partial charge in [0.05, 0.1) is 0 Å². The number of nitrogens with one attached hydrogen (secondary N) is 3. The average Bonchev–Trinajstić information content (AvgIpc) is 2.62. The highest BCUT2D eigenvalue weighted by Crippen LogP contribution is 2.30. The van der Waals surface area contributed by atoms with Crippen molar-refractivity contribution in [1.82, 2.24) is 14.9 Å². The van der Waals surface area contributed by atoms with Gasteiger partial charge < -0.3 is 10.2 Å². The lowest BCUT2D eigenvalue weighted by Gasteiger charge is -2.15. The molecule has 2 rings (SSSR count). The molecular formula is C16H17F7N6. The lowest BCUT2D eigenvalue weighted by atomic mass is 10.2. The summed E-state index contributed by atoms with van der Waals surface area (Å²) in [6.45, 7) is 0.910. The lowest BCUT2D eigenvalue weighted by Crippen LogP contribution is -2.20. The summed E-state index contributed by atoms with van der Waals surface area (Å²) in [5.74, 6) is -7.82. The SMILES string of the molecule is CN(C)CCCNc1nc(NNc2c(F)c(F)cc(F)c2F)cc(C(F)(F)F)n1. The molecule has 160 valence electrons. The summed E-state index contributed by atoms with van der Waals surface area (Å²) in [7, 11) is 3.64. The van der Waals surface area contributed by atoms with E-state index in [1.54, 1.807) is 5.43 Å². The molecule has 0 radical (unpaired) electrons. The molecule has 1 heterocycles.